The van der Waals surface area contributed by atoms with Gasteiger partial charge in [0.25, 0.3) is 0 Å². The highest BCUT2D eigenvalue weighted by atomic mass is 35.5. The minimum absolute atomic E-state index is 0.535. The molecule has 1 heterocycles. The van der Waals surface area contributed by atoms with Gasteiger partial charge in [0.1, 0.15) is 11.3 Å². The van der Waals surface area contributed by atoms with Gasteiger partial charge in [-0.25, -0.2) is 0 Å². The van der Waals surface area contributed by atoms with Gasteiger partial charge in [-0.3, -0.25) is 0 Å². The van der Waals surface area contributed by atoms with Gasteiger partial charge in [-0.2, -0.15) is 0 Å². The summed E-state index contributed by atoms with van der Waals surface area (Å²) in [4.78, 5) is 0. The molecule has 0 radical (unpaired) electrons. The summed E-state index contributed by atoms with van der Waals surface area (Å²) < 4.78 is 6.08. The summed E-state index contributed by atoms with van der Waals surface area (Å²) >= 11 is 6.07. The lowest BCUT2D eigenvalue weighted by Gasteiger charge is -2.19. The van der Waals surface area contributed by atoms with Crippen molar-refractivity contribution in [3.05, 3.63) is 35.0 Å². The third kappa shape index (κ3) is 3.61. The molecule has 0 bridgehead atoms. The Balaban J connectivity index is 1.79. The van der Waals surface area contributed by atoms with E-state index < -0.39 is 0 Å². The van der Waals surface area contributed by atoms with E-state index in [1.54, 1.807) is 0 Å². The van der Waals surface area contributed by atoms with Crippen molar-refractivity contribution in [2.75, 3.05) is 6.54 Å². The standard InChI is InChI=1S/C18H24ClNO/c1-2-9-20-16-6-4-3-5-13(11-16)18-12-14-10-15(19)7-8-17(14)21-18/h7-8,10,12-13,16,20H,2-6,9,11H2,1H3. The molecule has 114 valence electrons. The van der Waals surface area contributed by atoms with Gasteiger partial charge < -0.3 is 9.73 Å². The lowest BCUT2D eigenvalue weighted by Crippen LogP contribution is -2.30. The third-order valence-electron chi connectivity index (χ3n) is 4.51. The van der Waals surface area contributed by atoms with Crippen molar-refractivity contribution in [2.45, 2.75) is 57.4 Å². The van der Waals surface area contributed by atoms with Crippen LogP contribution in [-0.2, 0) is 0 Å². The van der Waals surface area contributed by atoms with Crippen molar-refractivity contribution in [3.8, 4) is 0 Å². The summed E-state index contributed by atoms with van der Waals surface area (Å²) in [5.41, 5.74) is 0.955. The number of halogens is 1. The minimum Gasteiger partial charge on any atom is -0.461 e. The van der Waals surface area contributed by atoms with Crippen molar-refractivity contribution in [1.29, 1.82) is 0 Å². The molecule has 2 nitrogen and oxygen atoms in total. The van der Waals surface area contributed by atoms with Crippen LogP contribution in [0.5, 0.6) is 0 Å². The first-order valence-electron chi connectivity index (χ1n) is 8.18. The highest BCUT2D eigenvalue weighted by molar-refractivity contribution is 6.31. The van der Waals surface area contributed by atoms with E-state index in [9.17, 15) is 0 Å². The number of fused-ring (bicyclic) bond motifs is 1. The van der Waals surface area contributed by atoms with Crippen LogP contribution in [-0.4, -0.2) is 12.6 Å². The van der Waals surface area contributed by atoms with Gasteiger partial charge in [-0.15, -0.1) is 0 Å². The summed E-state index contributed by atoms with van der Waals surface area (Å²) in [5.74, 6) is 1.67. The molecule has 2 atom stereocenters. The summed E-state index contributed by atoms with van der Waals surface area (Å²) in [6, 6.07) is 8.69. The van der Waals surface area contributed by atoms with E-state index in [0.29, 0.717) is 12.0 Å². The van der Waals surface area contributed by atoms with Crippen LogP contribution in [0.1, 0.15) is 57.1 Å². The first-order chi connectivity index (χ1) is 10.3. The van der Waals surface area contributed by atoms with Crippen LogP contribution in [0.3, 0.4) is 0 Å². The van der Waals surface area contributed by atoms with E-state index in [0.717, 1.165) is 28.3 Å². The fourth-order valence-corrected chi connectivity index (χ4v) is 3.57. The van der Waals surface area contributed by atoms with E-state index in [2.05, 4.69) is 18.3 Å². The molecule has 0 aliphatic heterocycles. The normalized spacial score (nSPS) is 23.3. The number of benzene rings is 1. The maximum absolute atomic E-state index is 6.08. The number of hydrogen-bond acceptors (Lipinski definition) is 2. The second-order valence-corrected chi connectivity index (χ2v) is 6.64. The van der Waals surface area contributed by atoms with E-state index in [1.165, 1.54) is 38.5 Å². The molecule has 2 unspecified atom stereocenters. The first-order valence-corrected chi connectivity index (χ1v) is 8.56. The summed E-state index contributed by atoms with van der Waals surface area (Å²) in [7, 11) is 0. The quantitative estimate of drug-likeness (QED) is 0.754. The molecular formula is C18H24ClNO. The highest BCUT2D eigenvalue weighted by Gasteiger charge is 2.23. The van der Waals surface area contributed by atoms with Crippen LogP contribution in [0, 0.1) is 0 Å². The van der Waals surface area contributed by atoms with Crippen molar-refractivity contribution in [2.24, 2.45) is 0 Å². The zero-order chi connectivity index (χ0) is 14.7. The predicted octanol–water partition coefficient (Wildman–Crippen LogP) is 5.50. The van der Waals surface area contributed by atoms with Gasteiger partial charge in [-0.05, 0) is 56.5 Å². The van der Waals surface area contributed by atoms with Crippen molar-refractivity contribution < 1.29 is 4.42 Å². The molecule has 1 aromatic heterocycles. The lowest BCUT2D eigenvalue weighted by atomic mass is 9.95. The maximum atomic E-state index is 6.08. The second-order valence-electron chi connectivity index (χ2n) is 6.20. The Labute approximate surface area is 131 Å². The molecule has 1 aromatic carbocycles. The predicted molar refractivity (Wildman–Crippen MR) is 89.1 cm³/mol. The van der Waals surface area contributed by atoms with Crippen LogP contribution < -0.4 is 5.32 Å². The number of furan rings is 1. The Bertz CT molecular complexity index is 592. The number of rotatable bonds is 4. The summed E-state index contributed by atoms with van der Waals surface area (Å²) in [6.07, 6.45) is 7.54. The number of hydrogen-bond donors (Lipinski definition) is 1. The van der Waals surface area contributed by atoms with Gasteiger partial charge in [0.05, 0.1) is 0 Å². The van der Waals surface area contributed by atoms with E-state index in [-0.39, 0.29) is 0 Å². The topological polar surface area (TPSA) is 25.2 Å². The van der Waals surface area contributed by atoms with Crippen LogP contribution in [0.15, 0.2) is 28.7 Å². The average Bonchev–Trinajstić information content (AvgIpc) is 2.75. The van der Waals surface area contributed by atoms with Crippen LogP contribution in [0.2, 0.25) is 5.02 Å². The van der Waals surface area contributed by atoms with Crippen LogP contribution in [0.25, 0.3) is 11.0 Å². The molecule has 3 rings (SSSR count). The van der Waals surface area contributed by atoms with Crippen LogP contribution in [0.4, 0.5) is 0 Å². The Morgan fingerprint density at radius 1 is 1.24 bits per heavy atom. The zero-order valence-electron chi connectivity index (χ0n) is 12.7. The molecular weight excluding hydrogens is 282 g/mol. The van der Waals surface area contributed by atoms with E-state index >= 15 is 0 Å². The number of nitrogens with one attached hydrogen (secondary N) is 1. The van der Waals surface area contributed by atoms with Crippen molar-refractivity contribution in [3.63, 3.8) is 0 Å². The molecule has 0 spiro atoms. The molecule has 3 heteroatoms. The van der Waals surface area contributed by atoms with Crippen molar-refractivity contribution in [1.82, 2.24) is 5.32 Å². The van der Waals surface area contributed by atoms with Crippen molar-refractivity contribution >= 4 is 22.6 Å². The molecule has 2 aromatic rings. The highest BCUT2D eigenvalue weighted by Crippen LogP contribution is 2.35. The average molecular weight is 306 g/mol. The van der Waals surface area contributed by atoms with Gasteiger partial charge in [0.2, 0.25) is 0 Å². The smallest absolute Gasteiger partial charge is 0.134 e. The molecule has 1 fully saturated rings. The third-order valence-corrected chi connectivity index (χ3v) is 4.74. The van der Waals surface area contributed by atoms with Gasteiger partial charge in [0, 0.05) is 22.4 Å². The van der Waals surface area contributed by atoms with Gasteiger partial charge in [0.15, 0.2) is 0 Å². The van der Waals surface area contributed by atoms with Crippen LogP contribution >= 0.6 is 11.6 Å². The van der Waals surface area contributed by atoms with E-state index in [4.69, 9.17) is 16.0 Å². The second kappa shape index (κ2) is 6.85. The molecule has 1 saturated carbocycles. The molecule has 1 aliphatic carbocycles. The molecule has 0 amide bonds. The van der Waals surface area contributed by atoms with E-state index in [1.807, 2.05) is 18.2 Å². The van der Waals surface area contributed by atoms with Gasteiger partial charge in [-0.1, -0.05) is 31.4 Å². The Hall–Kier alpha value is -0.990. The fourth-order valence-electron chi connectivity index (χ4n) is 3.39. The Kier molecular flexibility index (Phi) is 4.87. The zero-order valence-corrected chi connectivity index (χ0v) is 13.5. The molecule has 21 heavy (non-hydrogen) atoms. The minimum atomic E-state index is 0.535. The SMILES string of the molecule is CCCNC1CCCCC(c2cc3cc(Cl)ccc3o2)C1. The summed E-state index contributed by atoms with van der Waals surface area (Å²) in [5, 5.41) is 5.59. The lowest BCUT2D eigenvalue weighted by molar-refractivity contribution is 0.402. The summed E-state index contributed by atoms with van der Waals surface area (Å²) in [6.45, 7) is 3.34. The first kappa shape index (κ1) is 14.9. The molecule has 1 aliphatic rings. The largest absolute Gasteiger partial charge is 0.461 e. The molecule has 1 N–H and O–H groups in total. The maximum Gasteiger partial charge on any atom is 0.134 e. The monoisotopic (exact) mass is 305 g/mol. The fraction of sp³-hybridized carbons (Fsp3) is 0.556. The van der Waals surface area contributed by atoms with Gasteiger partial charge >= 0.3 is 0 Å². The Morgan fingerprint density at radius 2 is 2.10 bits per heavy atom. The molecule has 0 saturated heterocycles. The Morgan fingerprint density at radius 3 is 2.95 bits per heavy atom.